The number of carbonyl (C=O) groups excluding carboxylic acids is 1. The molecule has 1 aromatic heterocycles. The van der Waals surface area contributed by atoms with Crippen LogP contribution >= 0.6 is 0 Å². The van der Waals surface area contributed by atoms with Crippen molar-refractivity contribution < 1.29 is 24.2 Å². The van der Waals surface area contributed by atoms with E-state index in [1.54, 1.807) is 20.3 Å². The van der Waals surface area contributed by atoms with Gasteiger partial charge in [-0.15, -0.1) is 0 Å². The number of carbonyl (C=O) groups is 2. The summed E-state index contributed by atoms with van der Waals surface area (Å²) in [5.74, 6) is 0.151. The second kappa shape index (κ2) is 8.99. The first-order valence-corrected chi connectivity index (χ1v) is 10.9. The van der Waals surface area contributed by atoms with Crippen molar-refractivity contribution in [2.24, 2.45) is 5.92 Å². The number of rotatable bonds is 9. The van der Waals surface area contributed by atoms with Crippen LogP contribution in [0.1, 0.15) is 61.5 Å². The predicted molar refractivity (Wildman–Crippen MR) is 115 cm³/mol. The van der Waals surface area contributed by atoms with Crippen molar-refractivity contribution in [2.75, 3.05) is 14.2 Å². The molecule has 0 saturated heterocycles. The molecular weight excluding hydrogens is 398 g/mol. The molecule has 2 aliphatic rings. The average molecular weight is 428 g/mol. The second-order valence-corrected chi connectivity index (χ2v) is 8.38. The minimum absolute atomic E-state index is 0.174. The predicted octanol–water partition coefficient (Wildman–Crippen LogP) is 3.67. The molecule has 1 atom stereocenters. The number of benzene rings is 1. The van der Waals surface area contributed by atoms with Gasteiger partial charge in [0.15, 0.2) is 5.69 Å². The van der Waals surface area contributed by atoms with Crippen LogP contribution in [0.25, 0.3) is 11.3 Å². The Hall–Kier alpha value is -3.03. The van der Waals surface area contributed by atoms with Gasteiger partial charge >= 0.3 is 5.97 Å². The standard InChI is InChI=1S/C23H29N3O5/c1-30-19-8-5-9-20(31-2)21(19)18-13-16(25-26(18)15-6-3-4-7-15)22(27)24-17(23(28)29)12-14-10-11-14/h5,8-9,13-15,17H,3-4,6-7,10-12H2,1-2H3,(H,24,27)(H,28,29)/t17-/m0/s1. The third-order valence-electron chi connectivity index (χ3n) is 6.19. The molecule has 2 saturated carbocycles. The number of amides is 1. The van der Waals surface area contributed by atoms with Gasteiger partial charge in [-0.2, -0.15) is 5.10 Å². The number of nitrogens with one attached hydrogen (secondary N) is 1. The molecule has 2 aromatic rings. The van der Waals surface area contributed by atoms with Crippen molar-refractivity contribution in [3.8, 4) is 22.8 Å². The Balaban J connectivity index is 1.71. The van der Waals surface area contributed by atoms with Crippen LogP contribution < -0.4 is 14.8 Å². The molecule has 0 aliphatic heterocycles. The fourth-order valence-electron chi connectivity index (χ4n) is 4.36. The van der Waals surface area contributed by atoms with E-state index in [1.807, 2.05) is 22.9 Å². The zero-order valence-electron chi connectivity index (χ0n) is 18.0. The fraction of sp³-hybridized carbons (Fsp3) is 0.522. The normalized spacial score (nSPS) is 17.4. The van der Waals surface area contributed by atoms with E-state index < -0.39 is 17.9 Å². The maximum atomic E-state index is 13.0. The lowest BCUT2D eigenvalue weighted by Gasteiger charge is -2.18. The Kier molecular flexibility index (Phi) is 6.15. The summed E-state index contributed by atoms with van der Waals surface area (Å²) >= 11 is 0. The van der Waals surface area contributed by atoms with E-state index in [0.717, 1.165) is 49.8 Å². The van der Waals surface area contributed by atoms with Crippen molar-refractivity contribution in [1.82, 2.24) is 15.1 Å². The molecule has 1 aromatic carbocycles. The molecule has 8 heteroatoms. The summed E-state index contributed by atoms with van der Waals surface area (Å²) in [6.45, 7) is 0. The number of aromatic nitrogens is 2. The monoisotopic (exact) mass is 427 g/mol. The van der Waals surface area contributed by atoms with Crippen LogP contribution in [0.5, 0.6) is 11.5 Å². The van der Waals surface area contributed by atoms with Crippen molar-refractivity contribution in [2.45, 2.75) is 57.0 Å². The summed E-state index contributed by atoms with van der Waals surface area (Å²) in [7, 11) is 3.19. The number of carboxylic acid groups (broad SMARTS) is 1. The van der Waals surface area contributed by atoms with Gasteiger partial charge in [0.1, 0.15) is 17.5 Å². The van der Waals surface area contributed by atoms with E-state index in [9.17, 15) is 14.7 Å². The molecule has 0 spiro atoms. The highest BCUT2D eigenvalue weighted by Crippen LogP contribution is 2.42. The van der Waals surface area contributed by atoms with Crippen molar-refractivity contribution in [1.29, 1.82) is 0 Å². The molecule has 1 amide bonds. The highest BCUT2D eigenvalue weighted by Gasteiger charge is 2.32. The van der Waals surface area contributed by atoms with Gasteiger partial charge in [-0.25, -0.2) is 4.79 Å². The largest absolute Gasteiger partial charge is 0.496 e. The molecule has 166 valence electrons. The van der Waals surface area contributed by atoms with Crippen LogP contribution in [0, 0.1) is 5.92 Å². The van der Waals surface area contributed by atoms with Crippen LogP contribution in [0.3, 0.4) is 0 Å². The van der Waals surface area contributed by atoms with Crippen molar-refractivity contribution in [3.63, 3.8) is 0 Å². The summed E-state index contributed by atoms with van der Waals surface area (Å²) < 4.78 is 13.0. The Bertz CT molecular complexity index is 938. The molecule has 8 nitrogen and oxygen atoms in total. The van der Waals surface area contributed by atoms with E-state index in [4.69, 9.17) is 9.47 Å². The lowest BCUT2D eigenvalue weighted by molar-refractivity contribution is -0.139. The minimum Gasteiger partial charge on any atom is -0.496 e. The Morgan fingerprint density at radius 1 is 1.16 bits per heavy atom. The van der Waals surface area contributed by atoms with Gasteiger partial charge in [-0.05, 0) is 43.4 Å². The van der Waals surface area contributed by atoms with E-state index in [-0.39, 0.29) is 11.7 Å². The van der Waals surface area contributed by atoms with Gasteiger partial charge in [-0.3, -0.25) is 9.48 Å². The summed E-state index contributed by atoms with van der Waals surface area (Å²) in [4.78, 5) is 24.6. The number of methoxy groups -OCH3 is 2. The van der Waals surface area contributed by atoms with Gasteiger partial charge in [0.05, 0.1) is 31.5 Å². The first-order valence-electron chi connectivity index (χ1n) is 10.9. The molecule has 2 N–H and O–H groups in total. The third kappa shape index (κ3) is 4.52. The van der Waals surface area contributed by atoms with Crippen molar-refractivity contribution >= 4 is 11.9 Å². The number of carboxylic acids is 1. The average Bonchev–Trinajstić information content (AvgIpc) is 3.25. The maximum absolute atomic E-state index is 13.0. The van der Waals surface area contributed by atoms with Gasteiger partial charge in [0.2, 0.25) is 0 Å². The molecule has 2 fully saturated rings. The highest BCUT2D eigenvalue weighted by molar-refractivity contribution is 5.96. The van der Waals surface area contributed by atoms with Crippen molar-refractivity contribution in [3.05, 3.63) is 30.0 Å². The van der Waals surface area contributed by atoms with E-state index in [0.29, 0.717) is 23.8 Å². The molecule has 31 heavy (non-hydrogen) atoms. The number of ether oxygens (including phenoxy) is 2. The van der Waals surface area contributed by atoms with Crippen LogP contribution in [0.4, 0.5) is 0 Å². The number of nitrogens with zero attached hydrogens (tertiary/aromatic N) is 2. The SMILES string of the molecule is COc1cccc(OC)c1-c1cc(C(=O)N[C@@H](CC2CC2)C(=O)O)nn1C1CCCC1. The lowest BCUT2D eigenvalue weighted by Crippen LogP contribution is -2.41. The molecule has 0 bridgehead atoms. The maximum Gasteiger partial charge on any atom is 0.326 e. The van der Waals surface area contributed by atoms with Gasteiger partial charge in [0, 0.05) is 0 Å². The quantitative estimate of drug-likeness (QED) is 0.633. The zero-order valence-corrected chi connectivity index (χ0v) is 18.0. The number of hydrogen-bond acceptors (Lipinski definition) is 5. The Morgan fingerprint density at radius 2 is 1.81 bits per heavy atom. The first kappa shape index (κ1) is 21.2. The molecule has 1 heterocycles. The lowest BCUT2D eigenvalue weighted by atomic mass is 10.1. The van der Waals surface area contributed by atoms with Crippen LogP contribution in [0.2, 0.25) is 0 Å². The van der Waals surface area contributed by atoms with Gasteiger partial charge in [0.25, 0.3) is 5.91 Å². The topological polar surface area (TPSA) is 103 Å². The fourth-order valence-corrected chi connectivity index (χ4v) is 4.36. The summed E-state index contributed by atoms with van der Waals surface area (Å²) in [6, 6.07) is 6.53. The van der Waals surface area contributed by atoms with Crippen LogP contribution in [0.15, 0.2) is 24.3 Å². The van der Waals surface area contributed by atoms with E-state index in [1.165, 1.54) is 0 Å². The second-order valence-electron chi connectivity index (χ2n) is 8.38. The smallest absolute Gasteiger partial charge is 0.326 e. The summed E-state index contributed by atoms with van der Waals surface area (Å²) in [5.41, 5.74) is 1.68. The highest BCUT2D eigenvalue weighted by atomic mass is 16.5. The van der Waals surface area contributed by atoms with Gasteiger partial charge in [-0.1, -0.05) is 31.7 Å². The van der Waals surface area contributed by atoms with E-state index in [2.05, 4.69) is 10.4 Å². The third-order valence-corrected chi connectivity index (χ3v) is 6.19. The molecular formula is C23H29N3O5. The molecule has 4 rings (SSSR count). The number of aliphatic carboxylic acids is 1. The van der Waals surface area contributed by atoms with Gasteiger partial charge < -0.3 is 19.9 Å². The molecule has 0 radical (unpaired) electrons. The van der Waals surface area contributed by atoms with Crippen LogP contribution in [-0.2, 0) is 4.79 Å². The summed E-state index contributed by atoms with van der Waals surface area (Å²) in [6.07, 6.45) is 6.67. The first-order chi connectivity index (χ1) is 15.0. The van der Waals surface area contributed by atoms with E-state index >= 15 is 0 Å². The minimum atomic E-state index is -1.01. The zero-order chi connectivity index (χ0) is 22.0. The van der Waals surface area contributed by atoms with Crippen LogP contribution in [-0.4, -0.2) is 47.0 Å². The molecule has 2 aliphatic carbocycles. The number of hydrogen-bond donors (Lipinski definition) is 2. The summed E-state index contributed by atoms with van der Waals surface area (Å²) in [5, 5.41) is 16.8. The Labute approximate surface area is 181 Å². The Morgan fingerprint density at radius 3 is 2.35 bits per heavy atom. The molecule has 0 unspecified atom stereocenters.